The number of nitrogens with two attached hydrogens (primary N) is 1. The monoisotopic (exact) mass is 237 g/mol. The molecule has 0 aliphatic carbocycles. The van der Waals surface area contributed by atoms with E-state index in [-0.39, 0.29) is 23.9 Å². The summed E-state index contributed by atoms with van der Waals surface area (Å²) in [6.45, 7) is 0.386. The number of primary amides is 1. The first-order chi connectivity index (χ1) is 8.13. The van der Waals surface area contributed by atoms with Crippen LogP contribution in [0, 0.1) is 0 Å². The van der Waals surface area contributed by atoms with Gasteiger partial charge in [0.1, 0.15) is 5.82 Å². The van der Waals surface area contributed by atoms with Gasteiger partial charge in [-0.2, -0.15) is 0 Å². The summed E-state index contributed by atoms with van der Waals surface area (Å²) in [5.74, 6) is -0.0997. The highest BCUT2D eigenvalue weighted by atomic mass is 16.2. The SMILES string of the molecule is CNc1ccc(C(=O)NCCCC(N)=O)nn1. The van der Waals surface area contributed by atoms with E-state index in [1.807, 2.05) is 0 Å². The molecule has 1 rings (SSSR count). The van der Waals surface area contributed by atoms with Crippen LogP contribution in [-0.2, 0) is 4.79 Å². The molecule has 0 saturated heterocycles. The van der Waals surface area contributed by atoms with Gasteiger partial charge < -0.3 is 16.4 Å². The molecule has 0 aromatic carbocycles. The molecule has 0 saturated carbocycles. The Morgan fingerprint density at radius 1 is 1.35 bits per heavy atom. The summed E-state index contributed by atoms with van der Waals surface area (Å²) in [5.41, 5.74) is 5.21. The Hall–Kier alpha value is -2.18. The minimum Gasteiger partial charge on any atom is -0.372 e. The van der Waals surface area contributed by atoms with Crippen molar-refractivity contribution in [1.82, 2.24) is 15.5 Å². The first-order valence-corrected chi connectivity index (χ1v) is 5.21. The molecule has 1 heterocycles. The van der Waals surface area contributed by atoms with Crippen molar-refractivity contribution >= 4 is 17.6 Å². The molecule has 7 heteroatoms. The van der Waals surface area contributed by atoms with Gasteiger partial charge in [0, 0.05) is 20.0 Å². The second kappa shape index (κ2) is 6.41. The maximum Gasteiger partial charge on any atom is 0.271 e. The molecule has 17 heavy (non-hydrogen) atoms. The summed E-state index contributed by atoms with van der Waals surface area (Å²) in [6, 6.07) is 3.23. The van der Waals surface area contributed by atoms with E-state index in [1.165, 1.54) is 0 Å². The Kier molecular flexibility index (Phi) is 4.86. The smallest absolute Gasteiger partial charge is 0.271 e. The lowest BCUT2D eigenvalue weighted by Gasteiger charge is -2.03. The zero-order chi connectivity index (χ0) is 12.7. The van der Waals surface area contributed by atoms with E-state index in [4.69, 9.17) is 5.73 Å². The lowest BCUT2D eigenvalue weighted by molar-refractivity contribution is -0.118. The van der Waals surface area contributed by atoms with Gasteiger partial charge in [-0.1, -0.05) is 0 Å². The molecule has 0 aliphatic rings. The fourth-order valence-corrected chi connectivity index (χ4v) is 1.14. The van der Waals surface area contributed by atoms with E-state index < -0.39 is 0 Å². The molecular weight excluding hydrogens is 222 g/mol. The normalized spacial score (nSPS) is 9.71. The summed E-state index contributed by atoms with van der Waals surface area (Å²) in [6.07, 6.45) is 0.772. The van der Waals surface area contributed by atoms with Crippen LogP contribution in [0.4, 0.5) is 5.82 Å². The molecule has 1 aromatic rings. The number of rotatable bonds is 6. The largest absolute Gasteiger partial charge is 0.372 e. The minimum atomic E-state index is -0.377. The van der Waals surface area contributed by atoms with Gasteiger partial charge in [0.05, 0.1) is 0 Å². The first-order valence-electron chi connectivity index (χ1n) is 5.21. The number of hydrogen-bond acceptors (Lipinski definition) is 5. The fraction of sp³-hybridized carbons (Fsp3) is 0.400. The van der Waals surface area contributed by atoms with Crippen molar-refractivity contribution in [2.24, 2.45) is 5.73 Å². The van der Waals surface area contributed by atoms with Gasteiger partial charge in [-0.3, -0.25) is 9.59 Å². The lowest BCUT2D eigenvalue weighted by Crippen LogP contribution is -2.26. The Bertz CT molecular complexity index is 390. The van der Waals surface area contributed by atoms with Crippen molar-refractivity contribution in [3.63, 3.8) is 0 Å². The lowest BCUT2D eigenvalue weighted by atomic mass is 10.3. The van der Waals surface area contributed by atoms with Gasteiger partial charge in [0.25, 0.3) is 5.91 Å². The van der Waals surface area contributed by atoms with Crippen molar-refractivity contribution in [3.8, 4) is 0 Å². The van der Waals surface area contributed by atoms with Crippen LogP contribution in [0.15, 0.2) is 12.1 Å². The van der Waals surface area contributed by atoms with E-state index in [1.54, 1.807) is 19.2 Å². The number of anilines is 1. The van der Waals surface area contributed by atoms with Gasteiger partial charge in [0.15, 0.2) is 5.69 Å². The van der Waals surface area contributed by atoms with Crippen molar-refractivity contribution in [2.75, 3.05) is 18.9 Å². The van der Waals surface area contributed by atoms with Crippen LogP contribution in [0.1, 0.15) is 23.3 Å². The van der Waals surface area contributed by atoms with E-state index >= 15 is 0 Å². The van der Waals surface area contributed by atoms with Crippen LogP contribution in [-0.4, -0.2) is 35.6 Å². The molecule has 92 valence electrons. The molecule has 0 radical (unpaired) electrons. The molecule has 0 spiro atoms. The van der Waals surface area contributed by atoms with Gasteiger partial charge in [0.2, 0.25) is 5.91 Å². The van der Waals surface area contributed by atoms with Crippen molar-refractivity contribution in [3.05, 3.63) is 17.8 Å². The molecule has 0 bridgehead atoms. The average Bonchev–Trinajstić information content (AvgIpc) is 2.34. The number of aromatic nitrogens is 2. The number of nitrogens with one attached hydrogen (secondary N) is 2. The summed E-state index contributed by atoms with van der Waals surface area (Å²) in [7, 11) is 1.72. The Morgan fingerprint density at radius 3 is 2.65 bits per heavy atom. The van der Waals surface area contributed by atoms with Gasteiger partial charge in [-0.25, -0.2) is 0 Å². The number of nitrogens with zero attached hydrogens (tertiary/aromatic N) is 2. The van der Waals surface area contributed by atoms with E-state index in [0.717, 1.165) is 0 Å². The highest BCUT2D eigenvalue weighted by molar-refractivity contribution is 5.92. The average molecular weight is 237 g/mol. The number of hydrogen-bond donors (Lipinski definition) is 3. The Balaban J connectivity index is 2.38. The Morgan fingerprint density at radius 2 is 2.12 bits per heavy atom. The molecule has 2 amide bonds. The number of amides is 2. The highest BCUT2D eigenvalue weighted by Gasteiger charge is 2.07. The molecule has 1 aromatic heterocycles. The van der Waals surface area contributed by atoms with Gasteiger partial charge in [-0.05, 0) is 18.6 Å². The first kappa shape index (κ1) is 12.9. The van der Waals surface area contributed by atoms with E-state index in [0.29, 0.717) is 18.8 Å². The molecule has 0 unspecified atom stereocenters. The van der Waals surface area contributed by atoms with Crippen LogP contribution in [0.5, 0.6) is 0 Å². The quantitative estimate of drug-likeness (QED) is 0.578. The summed E-state index contributed by atoms with van der Waals surface area (Å²) in [4.78, 5) is 22.0. The summed E-state index contributed by atoms with van der Waals surface area (Å²) in [5, 5.41) is 12.9. The second-order valence-corrected chi connectivity index (χ2v) is 3.38. The zero-order valence-electron chi connectivity index (χ0n) is 9.56. The minimum absolute atomic E-state index is 0.239. The van der Waals surface area contributed by atoms with Gasteiger partial charge >= 0.3 is 0 Å². The maximum absolute atomic E-state index is 11.5. The number of carbonyl (C=O) groups is 2. The third-order valence-corrected chi connectivity index (χ3v) is 2.04. The predicted octanol–water partition coefficient (Wildman–Crippen LogP) is -0.486. The van der Waals surface area contributed by atoms with Crippen LogP contribution in [0.3, 0.4) is 0 Å². The molecule has 0 aliphatic heterocycles. The van der Waals surface area contributed by atoms with Crippen molar-refractivity contribution < 1.29 is 9.59 Å². The standard InChI is InChI=1S/C10H15N5O2/c1-12-9-5-4-7(14-15-9)10(17)13-6-2-3-8(11)16/h4-5H,2-3,6H2,1H3,(H2,11,16)(H,12,15)(H,13,17). The predicted molar refractivity (Wildman–Crippen MR) is 62.3 cm³/mol. The van der Waals surface area contributed by atoms with E-state index in [9.17, 15) is 9.59 Å². The maximum atomic E-state index is 11.5. The van der Waals surface area contributed by atoms with E-state index in [2.05, 4.69) is 20.8 Å². The number of carbonyl (C=O) groups excluding carboxylic acids is 2. The van der Waals surface area contributed by atoms with Gasteiger partial charge in [-0.15, -0.1) is 10.2 Å². The van der Waals surface area contributed by atoms with Crippen LogP contribution in [0.25, 0.3) is 0 Å². The highest BCUT2D eigenvalue weighted by Crippen LogP contribution is 2.00. The van der Waals surface area contributed by atoms with Crippen LogP contribution >= 0.6 is 0 Å². The Labute approximate surface area is 98.8 Å². The van der Waals surface area contributed by atoms with Crippen LogP contribution < -0.4 is 16.4 Å². The fourth-order valence-electron chi connectivity index (χ4n) is 1.14. The third kappa shape index (κ3) is 4.45. The van der Waals surface area contributed by atoms with Crippen LogP contribution in [0.2, 0.25) is 0 Å². The van der Waals surface area contributed by atoms with Crippen molar-refractivity contribution in [2.45, 2.75) is 12.8 Å². The summed E-state index contributed by atoms with van der Waals surface area (Å²) < 4.78 is 0. The molecule has 4 N–H and O–H groups in total. The van der Waals surface area contributed by atoms with Crippen molar-refractivity contribution in [1.29, 1.82) is 0 Å². The zero-order valence-corrected chi connectivity index (χ0v) is 9.56. The molecule has 7 nitrogen and oxygen atoms in total. The second-order valence-electron chi connectivity index (χ2n) is 3.38. The third-order valence-electron chi connectivity index (χ3n) is 2.04. The summed E-state index contributed by atoms with van der Waals surface area (Å²) >= 11 is 0. The molecule has 0 atom stereocenters. The molecule has 0 fully saturated rings. The molecular formula is C10H15N5O2. The topological polar surface area (TPSA) is 110 Å².